The van der Waals surface area contributed by atoms with Crippen molar-refractivity contribution in [2.24, 2.45) is 0 Å². The van der Waals surface area contributed by atoms with E-state index < -0.39 is 12.1 Å². The van der Waals surface area contributed by atoms with Crippen molar-refractivity contribution in [3.63, 3.8) is 0 Å². The summed E-state index contributed by atoms with van der Waals surface area (Å²) in [7, 11) is 0. The number of carbonyl (C=O) groups excluding carboxylic acids is 1. The molecule has 0 saturated heterocycles. The molecule has 4 N–H and O–H groups in total. The Morgan fingerprint density at radius 2 is 1.96 bits per heavy atom. The maximum absolute atomic E-state index is 10.5. The molecule has 0 unspecified atom stereocenters. The number of aromatic amines is 1. The van der Waals surface area contributed by atoms with E-state index in [2.05, 4.69) is 25.8 Å². The van der Waals surface area contributed by atoms with Crippen LogP contribution >= 0.6 is 0 Å². The van der Waals surface area contributed by atoms with Gasteiger partial charge in [0, 0.05) is 18.3 Å². The average molecular weight is 383 g/mol. The van der Waals surface area contributed by atoms with Gasteiger partial charge in [0.15, 0.2) is 11.9 Å². The second-order valence-electron chi connectivity index (χ2n) is 5.47. The van der Waals surface area contributed by atoms with Gasteiger partial charge in [0.25, 0.3) is 5.89 Å². The van der Waals surface area contributed by atoms with Crippen molar-refractivity contribution in [1.29, 1.82) is 0 Å². The lowest BCUT2D eigenvalue weighted by Gasteiger charge is -2.03. The van der Waals surface area contributed by atoms with Crippen LogP contribution < -0.4 is 10.8 Å². The van der Waals surface area contributed by atoms with E-state index in [4.69, 9.17) is 14.4 Å². The summed E-state index contributed by atoms with van der Waals surface area (Å²) in [4.78, 5) is 20.2. The highest BCUT2D eigenvalue weighted by Crippen LogP contribution is 2.13. The second-order valence-corrected chi connectivity index (χ2v) is 5.47. The van der Waals surface area contributed by atoms with Gasteiger partial charge in [-0.2, -0.15) is 18.2 Å². The Morgan fingerprint density at radius 1 is 1.30 bits per heavy atom. The topological polar surface area (TPSA) is 135 Å². The number of imidazole rings is 1. The number of hydrogen-bond acceptors (Lipinski definition) is 6. The van der Waals surface area contributed by atoms with Gasteiger partial charge in [-0.05, 0) is 5.56 Å². The lowest BCUT2D eigenvalue weighted by molar-refractivity contribution is -0.431. The number of halogens is 3. The predicted octanol–water partition coefficient (Wildman–Crippen LogP) is 0.208. The normalized spacial score (nSPS) is 12.1. The molecule has 8 nitrogen and oxygen atoms in total. The summed E-state index contributed by atoms with van der Waals surface area (Å²) >= 11 is 0. The highest BCUT2D eigenvalue weighted by atomic mass is 19.4. The van der Waals surface area contributed by atoms with Gasteiger partial charge in [0.05, 0.1) is 12.7 Å². The molecule has 0 aliphatic carbocycles. The number of carboxylic acids is 1. The number of alkyl halides is 3. The van der Waals surface area contributed by atoms with Crippen LogP contribution in [0.2, 0.25) is 0 Å². The number of H-pyrrole nitrogens is 1. The molecule has 0 aliphatic heterocycles. The third kappa shape index (κ3) is 6.55. The zero-order chi connectivity index (χ0) is 19.9. The fourth-order valence-corrected chi connectivity index (χ4v) is 2.03. The van der Waals surface area contributed by atoms with Gasteiger partial charge in [0.2, 0.25) is 0 Å². The first-order valence-corrected chi connectivity index (χ1v) is 7.70. The molecule has 0 bridgehead atoms. The maximum Gasteiger partial charge on any atom is 0.430 e. The molecule has 2 heterocycles. The van der Waals surface area contributed by atoms with Crippen LogP contribution in [0, 0.1) is 0 Å². The van der Waals surface area contributed by atoms with Crippen LogP contribution in [-0.4, -0.2) is 32.3 Å². The van der Waals surface area contributed by atoms with Crippen molar-refractivity contribution in [2.45, 2.75) is 25.1 Å². The molecule has 3 aromatic rings. The van der Waals surface area contributed by atoms with Crippen LogP contribution in [0.5, 0.6) is 0 Å². The Kier molecular flexibility index (Phi) is 6.66. The van der Waals surface area contributed by atoms with Crippen molar-refractivity contribution in [3.8, 4) is 0 Å². The molecule has 0 fully saturated rings. The summed E-state index contributed by atoms with van der Waals surface area (Å²) in [6.45, 7) is 0. The smallest absolute Gasteiger partial charge is 0.430 e. The lowest BCUT2D eigenvalue weighted by Crippen LogP contribution is -2.54. The number of aliphatic carboxylic acids is 1. The van der Waals surface area contributed by atoms with Crippen LogP contribution in [-0.2, 0) is 17.6 Å². The minimum atomic E-state index is -5.19. The summed E-state index contributed by atoms with van der Waals surface area (Å²) in [6.07, 6.45) is -0.399. The number of aromatic nitrogens is 4. The number of nitrogens with zero attached hydrogens (tertiary/aromatic N) is 3. The maximum atomic E-state index is 10.5. The van der Waals surface area contributed by atoms with E-state index in [1.54, 1.807) is 12.5 Å². The summed E-state index contributed by atoms with van der Waals surface area (Å²) in [5, 5.41) is 12.8. The molecule has 144 valence electrons. The quantitative estimate of drug-likeness (QED) is 0.646. The SMILES string of the molecule is O=C([O-])C(F)(F)F.[NH3+][C@@H](Cc1cnc[nH]1)c1nc(Cc2ccccc2)no1. The fraction of sp³-hybridized carbons (Fsp3) is 0.250. The summed E-state index contributed by atoms with van der Waals surface area (Å²) in [5.41, 5.74) is 6.23. The lowest BCUT2D eigenvalue weighted by atomic mass is 10.1. The Hall–Kier alpha value is -3.21. The average Bonchev–Trinajstić information content (AvgIpc) is 3.27. The van der Waals surface area contributed by atoms with Crippen molar-refractivity contribution in [3.05, 3.63) is 65.8 Å². The van der Waals surface area contributed by atoms with E-state index in [1.807, 2.05) is 30.3 Å². The molecule has 0 amide bonds. The Morgan fingerprint density at radius 3 is 2.52 bits per heavy atom. The summed E-state index contributed by atoms with van der Waals surface area (Å²) < 4.78 is 36.8. The van der Waals surface area contributed by atoms with Gasteiger partial charge < -0.3 is 25.1 Å². The standard InChI is InChI=1S/C14H15N5O.C2HF3O2/c15-12(7-11-8-16-9-17-11)14-18-13(19-20-14)6-10-4-2-1-3-5-10;3-2(4,5)1(6)7/h1-5,8-9,12H,6-7,15H2,(H,16,17);(H,6,7)/t12-;/m0./s1. The number of rotatable bonds is 5. The van der Waals surface area contributed by atoms with Gasteiger partial charge >= 0.3 is 6.18 Å². The highest BCUT2D eigenvalue weighted by molar-refractivity contribution is 5.70. The zero-order valence-electron chi connectivity index (χ0n) is 13.9. The number of carbonyl (C=O) groups is 1. The highest BCUT2D eigenvalue weighted by Gasteiger charge is 2.28. The molecule has 0 radical (unpaired) electrons. The largest absolute Gasteiger partial charge is 0.542 e. The molecule has 11 heteroatoms. The van der Waals surface area contributed by atoms with Crippen molar-refractivity contribution in [2.75, 3.05) is 0 Å². The predicted molar refractivity (Wildman–Crippen MR) is 82.5 cm³/mol. The molecule has 0 aliphatic rings. The molecule has 3 rings (SSSR count). The number of carboxylic acid groups (broad SMARTS) is 1. The molecular formula is C16H16F3N5O3. The summed E-state index contributed by atoms with van der Waals surface area (Å²) in [5.74, 6) is -1.76. The number of nitrogens with one attached hydrogen (secondary N) is 1. The van der Waals surface area contributed by atoms with Gasteiger partial charge in [-0.25, -0.2) is 4.98 Å². The Bertz CT molecular complexity index is 835. The van der Waals surface area contributed by atoms with Gasteiger partial charge in [-0.3, -0.25) is 0 Å². The number of benzene rings is 1. The number of hydrogen-bond donors (Lipinski definition) is 2. The van der Waals surface area contributed by atoms with Crippen molar-refractivity contribution in [1.82, 2.24) is 20.1 Å². The molecule has 2 aromatic heterocycles. The van der Waals surface area contributed by atoms with E-state index >= 15 is 0 Å². The monoisotopic (exact) mass is 383 g/mol. The van der Waals surface area contributed by atoms with Gasteiger partial charge in [0.1, 0.15) is 5.97 Å². The first kappa shape index (κ1) is 20.1. The van der Waals surface area contributed by atoms with Crippen molar-refractivity contribution < 1.29 is 33.3 Å². The van der Waals surface area contributed by atoms with Crippen LogP contribution in [0.1, 0.15) is 29.0 Å². The van der Waals surface area contributed by atoms with Gasteiger partial charge in [-0.15, -0.1) is 0 Å². The van der Waals surface area contributed by atoms with E-state index in [-0.39, 0.29) is 6.04 Å². The molecule has 0 saturated carbocycles. The first-order valence-electron chi connectivity index (χ1n) is 7.70. The molecule has 27 heavy (non-hydrogen) atoms. The van der Waals surface area contributed by atoms with E-state index in [0.29, 0.717) is 24.6 Å². The third-order valence-corrected chi connectivity index (χ3v) is 3.29. The third-order valence-electron chi connectivity index (χ3n) is 3.29. The second kappa shape index (κ2) is 8.94. The fourth-order valence-electron chi connectivity index (χ4n) is 2.03. The molecule has 0 spiro atoms. The Balaban J connectivity index is 0.000000321. The van der Waals surface area contributed by atoms with E-state index in [0.717, 1.165) is 11.3 Å². The molecule has 1 aromatic carbocycles. The van der Waals surface area contributed by atoms with Crippen molar-refractivity contribution >= 4 is 5.97 Å². The van der Waals surface area contributed by atoms with Gasteiger partial charge in [-0.1, -0.05) is 35.5 Å². The number of quaternary nitrogens is 1. The zero-order valence-corrected chi connectivity index (χ0v) is 13.9. The van der Waals surface area contributed by atoms with Crippen LogP contribution in [0.25, 0.3) is 0 Å². The Labute approximate surface area is 151 Å². The minimum Gasteiger partial charge on any atom is -0.542 e. The van der Waals surface area contributed by atoms with E-state index in [1.165, 1.54) is 0 Å². The first-order chi connectivity index (χ1) is 12.8. The molecule has 1 atom stereocenters. The summed E-state index contributed by atoms with van der Waals surface area (Å²) in [6, 6.07) is 10.00. The van der Waals surface area contributed by atoms with Crippen LogP contribution in [0.15, 0.2) is 47.4 Å². The minimum absolute atomic E-state index is 0.0764. The van der Waals surface area contributed by atoms with E-state index in [9.17, 15) is 13.2 Å². The molecular weight excluding hydrogens is 367 g/mol. The van der Waals surface area contributed by atoms with Crippen LogP contribution in [0.4, 0.5) is 13.2 Å². The van der Waals surface area contributed by atoms with Crippen LogP contribution in [0.3, 0.4) is 0 Å².